The molecule has 0 aliphatic carbocycles. The predicted molar refractivity (Wildman–Crippen MR) is 105 cm³/mol. The number of likely N-dealkylation sites (tertiary alicyclic amines) is 1. The van der Waals surface area contributed by atoms with Gasteiger partial charge in [-0.1, -0.05) is 6.58 Å². The Kier molecular flexibility index (Phi) is 4.64. The lowest BCUT2D eigenvalue weighted by molar-refractivity contribution is -0.132. The number of amides is 1. The summed E-state index contributed by atoms with van der Waals surface area (Å²) in [5.74, 6) is 1.35. The van der Waals surface area contributed by atoms with Crippen LogP contribution in [0.3, 0.4) is 0 Å². The first-order valence-electron chi connectivity index (χ1n) is 9.08. The molecule has 4 heterocycles. The largest absolute Gasteiger partial charge is 0.338 e. The molecule has 1 fully saturated rings. The molecule has 0 bridgehead atoms. The summed E-state index contributed by atoms with van der Waals surface area (Å²) in [5, 5.41) is 8.10. The maximum Gasteiger partial charge on any atom is 0.252 e. The summed E-state index contributed by atoms with van der Waals surface area (Å²) in [6.07, 6.45) is 5.64. The van der Waals surface area contributed by atoms with E-state index < -0.39 is 0 Å². The van der Waals surface area contributed by atoms with Crippen molar-refractivity contribution in [2.45, 2.75) is 13.0 Å². The summed E-state index contributed by atoms with van der Waals surface area (Å²) in [6.45, 7) is 5.44. The van der Waals surface area contributed by atoms with E-state index in [0.717, 1.165) is 11.8 Å². The molecule has 0 atom stereocenters. The first kappa shape index (κ1) is 17.9. The van der Waals surface area contributed by atoms with Crippen LogP contribution in [0.1, 0.15) is 6.42 Å². The normalized spacial score (nSPS) is 14.1. The van der Waals surface area contributed by atoms with Gasteiger partial charge in [-0.25, -0.2) is 4.98 Å². The SMILES string of the molecule is C=CC(=O)N1CC(CCn2c(=O)ccc3cnc(Nc4ccn(C)n4)nc32)C1. The van der Waals surface area contributed by atoms with Crippen LogP contribution in [0.15, 0.2) is 48.0 Å². The summed E-state index contributed by atoms with van der Waals surface area (Å²) in [5.41, 5.74) is 0.479. The molecule has 1 amide bonds. The zero-order chi connectivity index (χ0) is 19.7. The summed E-state index contributed by atoms with van der Waals surface area (Å²) >= 11 is 0. The van der Waals surface area contributed by atoms with Gasteiger partial charge in [0.05, 0.1) is 0 Å². The topological polar surface area (TPSA) is 97.9 Å². The van der Waals surface area contributed by atoms with Crippen LogP contribution in [0.2, 0.25) is 0 Å². The number of aromatic nitrogens is 5. The van der Waals surface area contributed by atoms with Crippen molar-refractivity contribution in [1.29, 1.82) is 0 Å². The smallest absolute Gasteiger partial charge is 0.252 e. The van der Waals surface area contributed by atoms with E-state index >= 15 is 0 Å². The minimum atomic E-state index is -0.103. The minimum absolute atomic E-state index is 0.0449. The number of nitrogens with one attached hydrogen (secondary N) is 1. The first-order valence-corrected chi connectivity index (χ1v) is 9.08. The van der Waals surface area contributed by atoms with Crippen molar-refractivity contribution in [1.82, 2.24) is 29.2 Å². The molecule has 0 unspecified atom stereocenters. The van der Waals surface area contributed by atoms with Crippen molar-refractivity contribution in [2.24, 2.45) is 13.0 Å². The second kappa shape index (κ2) is 7.26. The third-order valence-electron chi connectivity index (χ3n) is 4.88. The van der Waals surface area contributed by atoms with Crippen LogP contribution in [-0.4, -0.2) is 48.2 Å². The molecular formula is C19H21N7O2. The molecule has 0 radical (unpaired) electrons. The minimum Gasteiger partial charge on any atom is -0.338 e. The van der Waals surface area contributed by atoms with E-state index in [1.807, 2.05) is 19.3 Å². The van der Waals surface area contributed by atoms with Gasteiger partial charge in [0.25, 0.3) is 5.56 Å². The number of carbonyl (C=O) groups is 1. The van der Waals surface area contributed by atoms with Gasteiger partial charge in [-0.3, -0.25) is 18.8 Å². The predicted octanol–water partition coefficient (Wildman–Crippen LogP) is 1.30. The molecule has 4 rings (SSSR count). The van der Waals surface area contributed by atoms with Crippen LogP contribution in [0.4, 0.5) is 11.8 Å². The highest BCUT2D eigenvalue weighted by Crippen LogP contribution is 2.21. The Morgan fingerprint density at radius 2 is 2.18 bits per heavy atom. The van der Waals surface area contributed by atoms with Gasteiger partial charge in [-0.05, 0) is 24.5 Å². The van der Waals surface area contributed by atoms with Crippen LogP contribution in [0.25, 0.3) is 11.0 Å². The molecule has 1 saturated heterocycles. The van der Waals surface area contributed by atoms with Gasteiger partial charge in [-0.15, -0.1) is 0 Å². The lowest BCUT2D eigenvalue weighted by Crippen LogP contribution is -2.49. The van der Waals surface area contributed by atoms with Crippen LogP contribution < -0.4 is 10.9 Å². The van der Waals surface area contributed by atoms with Gasteiger partial charge in [0.2, 0.25) is 11.9 Å². The van der Waals surface area contributed by atoms with Crippen molar-refractivity contribution in [2.75, 3.05) is 18.4 Å². The Bertz CT molecular complexity index is 1100. The summed E-state index contributed by atoms with van der Waals surface area (Å²) in [4.78, 5) is 34.6. The highest BCUT2D eigenvalue weighted by molar-refractivity contribution is 5.87. The average Bonchev–Trinajstić information content (AvgIpc) is 3.06. The zero-order valence-corrected chi connectivity index (χ0v) is 15.6. The van der Waals surface area contributed by atoms with Crippen molar-refractivity contribution in [3.05, 3.63) is 53.6 Å². The molecule has 3 aromatic heterocycles. The fourth-order valence-corrected chi connectivity index (χ4v) is 3.32. The van der Waals surface area contributed by atoms with Crippen molar-refractivity contribution < 1.29 is 4.79 Å². The fourth-order valence-electron chi connectivity index (χ4n) is 3.32. The summed E-state index contributed by atoms with van der Waals surface area (Å²) in [7, 11) is 1.83. The molecule has 28 heavy (non-hydrogen) atoms. The van der Waals surface area contributed by atoms with Gasteiger partial charge in [0.15, 0.2) is 5.82 Å². The maximum atomic E-state index is 12.4. The third kappa shape index (κ3) is 3.51. The average molecular weight is 379 g/mol. The van der Waals surface area contributed by atoms with Crippen molar-refractivity contribution >= 4 is 28.7 Å². The molecule has 3 aromatic rings. The van der Waals surface area contributed by atoms with Crippen molar-refractivity contribution in [3.8, 4) is 0 Å². The standard InChI is InChI=1S/C19H21N7O2/c1-3-16(27)25-11-13(12-25)6-9-26-17(28)5-4-14-10-20-19(22-18(14)26)21-15-7-8-24(2)23-15/h3-5,7-8,10,13H,1,6,9,11-12H2,2H3,(H,20,21,22,23). The third-order valence-corrected chi connectivity index (χ3v) is 4.88. The van der Waals surface area contributed by atoms with Gasteiger partial charge < -0.3 is 10.2 Å². The van der Waals surface area contributed by atoms with Gasteiger partial charge >= 0.3 is 0 Å². The lowest BCUT2D eigenvalue weighted by Gasteiger charge is -2.38. The number of anilines is 2. The highest BCUT2D eigenvalue weighted by atomic mass is 16.2. The van der Waals surface area contributed by atoms with E-state index in [4.69, 9.17) is 0 Å². The van der Waals surface area contributed by atoms with Crippen LogP contribution >= 0.6 is 0 Å². The first-order chi connectivity index (χ1) is 13.5. The second-order valence-corrected chi connectivity index (χ2v) is 6.90. The van der Waals surface area contributed by atoms with Gasteiger partial charge in [0, 0.05) is 56.6 Å². The van der Waals surface area contributed by atoms with Crippen LogP contribution in [0.5, 0.6) is 0 Å². The zero-order valence-electron chi connectivity index (χ0n) is 15.6. The molecule has 0 saturated carbocycles. The molecular weight excluding hydrogens is 358 g/mol. The van der Waals surface area contributed by atoms with Gasteiger partial charge in [-0.2, -0.15) is 10.1 Å². The van der Waals surface area contributed by atoms with E-state index in [0.29, 0.717) is 43.0 Å². The lowest BCUT2D eigenvalue weighted by atomic mass is 9.96. The van der Waals surface area contributed by atoms with E-state index in [-0.39, 0.29) is 11.5 Å². The Hall–Kier alpha value is -3.49. The summed E-state index contributed by atoms with van der Waals surface area (Å²) < 4.78 is 3.34. The van der Waals surface area contributed by atoms with Crippen LogP contribution in [-0.2, 0) is 18.4 Å². The number of nitrogens with zero attached hydrogens (tertiary/aromatic N) is 6. The highest BCUT2D eigenvalue weighted by Gasteiger charge is 2.28. The number of rotatable bonds is 6. The number of carbonyl (C=O) groups excluding carboxylic acids is 1. The number of pyridine rings is 1. The molecule has 1 aliphatic heterocycles. The van der Waals surface area contributed by atoms with Gasteiger partial charge in [0.1, 0.15) is 5.65 Å². The van der Waals surface area contributed by atoms with Crippen LogP contribution in [0, 0.1) is 5.92 Å². The molecule has 1 N–H and O–H groups in total. The monoisotopic (exact) mass is 379 g/mol. The molecule has 9 heteroatoms. The molecule has 0 aromatic carbocycles. The molecule has 0 spiro atoms. The van der Waals surface area contributed by atoms with E-state index in [2.05, 4.69) is 27.0 Å². The fraction of sp³-hybridized carbons (Fsp3) is 0.316. The second-order valence-electron chi connectivity index (χ2n) is 6.90. The Labute approximate surface area is 161 Å². The Morgan fingerprint density at radius 3 is 2.89 bits per heavy atom. The number of aryl methyl sites for hydroxylation is 2. The van der Waals surface area contributed by atoms with Crippen molar-refractivity contribution in [3.63, 3.8) is 0 Å². The van der Waals surface area contributed by atoms with E-state index in [1.54, 1.807) is 26.4 Å². The van der Waals surface area contributed by atoms with E-state index in [9.17, 15) is 9.59 Å². The molecule has 144 valence electrons. The molecule has 1 aliphatic rings. The number of hydrogen-bond donors (Lipinski definition) is 1. The quantitative estimate of drug-likeness (QED) is 0.649. The molecule has 9 nitrogen and oxygen atoms in total. The Morgan fingerprint density at radius 1 is 1.36 bits per heavy atom. The summed E-state index contributed by atoms with van der Waals surface area (Å²) in [6, 6.07) is 5.08. The number of fused-ring (bicyclic) bond motifs is 1. The number of hydrogen-bond acceptors (Lipinski definition) is 6. The maximum absolute atomic E-state index is 12.4. The van der Waals surface area contributed by atoms with E-state index in [1.165, 1.54) is 12.1 Å². The Balaban J connectivity index is 1.52.